The standard InChI is InChI=1S/C24H19FN2O5/c1-30-16-10-11-18(20(13-16)31-2)23(28)27-21-17-8-3-4-9-19(17)32-22(21)24(29)26-15-7-5-6-14(25)12-15/h3-13H,1-2H3,(H,26,29)(H,27,28). The van der Waals surface area contributed by atoms with E-state index in [4.69, 9.17) is 13.9 Å². The fraction of sp³-hybridized carbons (Fsp3) is 0.0833. The molecular weight excluding hydrogens is 415 g/mol. The van der Waals surface area contributed by atoms with Crippen LogP contribution in [-0.2, 0) is 0 Å². The molecule has 7 nitrogen and oxygen atoms in total. The fourth-order valence-corrected chi connectivity index (χ4v) is 3.25. The molecule has 0 atom stereocenters. The quantitative estimate of drug-likeness (QED) is 0.441. The summed E-state index contributed by atoms with van der Waals surface area (Å²) in [5.41, 5.74) is 1.10. The third-order valence-corrected chi connectivity index (χ3v) is 4.78. The Morgan fingerprint density at radius 2 is 1.69 bits per heavy atom. The number of benzene rings is 3. The lowest BCUT2D eigenvalue weighted by Gasteiger charge is -2.11. The minimum Gasteiger partial charge on any atom is -0.497 e. The van der Waals surface area contributed by atoms with E-state index in [-0.39, 0.29) is 22.7 Å². The molecule has 0 radical (unpaired) electrons. The lowest BCUT2D eigenvalue weighted by atomic mass is 10.1. The zero-order valence-corrected chi connectivity index (χ0v) is 17.3. The van der Waals surface area contributed by atoms with Gasteiger partial charge in [-0.2, -0.15) is 0 Å². The average molecular weight is 434 g/mol. The number of carbonyl (C=O) groups is 2. The number of halogens is 1. The number of hydrogen-bond donors (Lipinski definition) is 2. The van der Waals surface area contributed by atoms with Crippen molar-refractivity contribution in [2.45, 2.75) is 0 Å². The summed E-state index contributed by atoms with van der Waals surface area (Å²) >= 11 is 0. The van der Waals surface area contributed by atoms with Crippen LogP contribution < -0.4 is 20.1 Å². The van der Waals surface area contributed by atoms with E-state index in [2.05, 4.69) is 10.6 Å². The summed E-state index contributed by atoms with van der Waals surface area (Å²) in [6.45, 7) is 0. The molecule has 0 saturated carbocycles. The van der Waals surface area contributed by atoms with Gasteiger partial charge in [0, 0.05) is 17.1 Å². The van der Waals surface area contributed by atoms with Crippen LogP contribution in [0.1, 0.15) is 20.9 Å². The van der Waals surface area contributed by atoms with Crippen molar-refractivity contribution in [2.75, 3.05) is 24.9 Å². The highest BCUT2D eigenvalue weighted by Gasteiger charge is 2.24. The van der Waals surface area contributed by atoms with Crippen LogP contribution in [0.5, 0.6) is 11.5 Å². The molecule has 4 aromatic rings. The molecule has 1 heterocycles. The van der Waals surface area contributed by atoms with Gasteiger partial charge in [-0.15, -0.1) is 0 Å². The Kier molecular flexibility index (Phi) is 5.76. The van der Waals surface area contributed by atoms with Crippen molar-refractivity contribution in [3.8, 4) is 11.5 Å². The average Bonchev–Trinajstić information content (AvgIpc) is 3.17. The zero-order valence-electron chi connectivity index (χ0n) is 17.3. The van der Waals surface area contributed by atoms with E-state index >= 15 is 0 Å². The van der Waals surface area contributed by atoms with Crippen LogP contribution in [0.4, 0.5) is 15.8 Å². The topological polar surface area (TPSA) is 89.8 Å². The van der Waals surface area contributed by atoms with Gasteiger partial charge in [0.15, 0.2) is 0 Å². The van der Waals surface area contributed by atoms with E-state index in [1.165, 1.54) is 32.4 Å². The molecule has 2 amide bonds. The van der Waals surface area contributed by atoms with E-state index < -0.39 is 17.6 Å². The number of para-hydroxylation sites is 1. The molecule has 162 valence electrons. The zero-order chi connectivity index (χ0) is 22.7. The van der Waals surface area contributed by atoms with E-state index in [0.29, 0.717) is 22.5 Å². The smallest absolute Gasteiger partial charge is 0.293 e. The van der Waals surface area contributed by atoms with Crippen LogP contribution in [-0.4, -0.2) is 26.0 Å². The first kappa shape index (κ1) is 20.9. The first-order chi connectivity index (χ1) is 15.5. The Morgan fingerprint density at radius 3 is 2.44 bits per heavy atom. The maximum Gasteiger partial charge on any atom is 0.293 e. The lowest BCUT2D eigenvalue weighted by molar-refractivity contribution is 0.0999. The molecule has 0 aliphatic heterocycles. The van der Waals surface area contributed by atoms with Crippen molar-refractivity contribution in [3.63, 3.8) is 0 Å². The number of ether oxygens (including phenoxy) is 2. The van der Waals surface area contributed by atoms with Gasteiger partial charge in [0.1, 0.15) is 28.6 Å². The minimum absolute atomic E-state index is 0.115. The van der Waals surface area contributed by atoms with Crippen molar-refractivity contribution in [1.82, 2.24) is 0 Å². The summed E-state index contributed by atoms with van der Waals surface area (Å²) in [5.74, 6) is -0.911. The third kappa shape index (κ3) is 4.11. The molecule has 0 aliphatic carbocycles. The Hall–Kier alpha value is -4.33. The number of fused-ring (bicyclic) bond motifs is 1. The summed E-state index contributed by atoms with van der Waals surface area (Å²) < 4.78 is 29.7. The molecule has 0 fully saturated rings. The van der Waals surface area contributed by atoms with Gasteiger partial charge in [-0.1, -0.05) is 18.2 Å². The largest absolute Gasteiger partial charge is 0.497 e. The van der Waals surface area contributed by atoms with Crippen LogP contribution in [0.2, 0.25) is 0 Å². The molecule has 0 bridgehead atoms. The van der Waals surface area contributed by atoms with Crippen LogP contribution in [0.3, 0.4) is 0 Å². The molecule has 2 N–H and O–H groups in total. The Balaban J connectivity index is 1.71. The summed E-state index contributed by atoms with van der Waals surface area (Å²) in [7, 11) is 2.95. The first-order valence-corrected chi connectivity index (χ1v) is 9.62. The number of amides is 2. The second-order valence-electron chi connectivity index (χ2n) is 6.79. The number of methoxy groups -OCH3 is 2. The molecule has 32 heavy (non-hydrogen) atoms. The van der Waals surface area contributed by atoms with Gasteiger partial charge < -0.3 is 24.5 Å². The van der Waals surface area contributed by atoms with E-state index in [0.717, 1.165) is 0 Å². The van der Waals surface area contributed by atoms with E-state index in [1.807, 2.05) is 0 Å². The van der Waals surface area contributed by atoms with Gasteiger partial charge >= 0.3 is 0 Å². The van der Waals surface area contributed by atoms with Crippen molar-refractivity contribution >= 4 is 34.2 Å². The number of hydrogen-bond acceptors (Lipinski definition) is 5. The molecule has 8 heteroatoms. The van der Waals surface area contributed by atoms with Crippen LogP contribution in [0.25, 0.3) is 11.0 Å². The van der Waals surface area contributed by atoms with Crippen molar-refractivity contribution in [1.29, 1.82) is 0 Å². The van der Waals surface area contributed by atoms with Gasteiger partial charge in [0.25, 0.3) is 11.8 Å². The molecule has 3 aromatic carbocycles. The molecule has 0 unspecified atom stereocenters. The van der Waals surface area contributed by atoms with Gasteiger partial charge in [0.2, 0.25) is 5.76 Å². The number of nitrogens with one attached hydrogen (secondary N) is 2. The minimum atomic E-state index is -0.635. The molecule has 0 saturated heterocycles. The van der Waals surface area contributed by atoms with Gasteiger partial charge in [0.05, 0.1) is 19.8 Å². The van der Waals surface area contributed by atoms with Gasteiger partial charge in [-0.25, -0.2) is 4.39 Å². The van der Waals surface area contributed by atoms with Crippen LogP contribution in [0, 0.1) is 5.82 Å². The Labute approximate surface area is 182 Å². The molecule has 4 rings (SSSR count). The van der Waals surface area contributed by atoms with Crippen molar-refractivity contribution in [2.24, 2.45) is 0 Å². The highest BCUT2D eigenvalue weighted by molar-refractivity contribution is 6.17. The summed E-state index contributed by atoms with van der Waals surface area (Å²) in [6.07, 6.45) is 0. The van der Waals surface area contributed by atoms with Crippen molar-refractivity contribution in [3.05, 3.63) is 83.9 Å². The second-order valence-corrected chi connectivity index (χ2v) is 6.79. The van der Waals surface area contributed by atoms with Gasteiger partial charge in [-0.3, -0.25) is 9.59 Å². The highest BCUT2D eigenvalue weighted by Crippen LogP contribution is 2.33. The lowest BCUT2D eigenvalue weighted by Crippen LogP contribution is -2.17. The Morgan fingerprint density at radius 1 is 0.875 bits per heavy atom. The molecule has 0 spiro atoms. The SMILES string of the molecule is COc1ccc(C(=O)Nc2c(C(=O)Nc3cccc(F)c3)oc3ccccc23)c(OC)c1. The third-order valence-electron chi connectivity index (χ3n) is 4.78. The molecular formula is C24H19FN2O5. The first-order valence-electron chi connectivity index (χ1n) is 9.62. The predicted octanol–water partition coefficient (Wildman–Crippen LogP) is 5.09. The Bertz CT molecular complexity index is 1310. The van der Waals surface area contributed by atoms with Gasteiger partial charge in [-0.05, 0) is 42.5 Å². The van der Waals surface area contributed by atoms with E-state index in [1.54, 1.807) is 48.5 Å². The number of anilines is 2. The maximum atomic E-state index is 13.5. The normalized spacial score (nSPS) is 10.6. The van der Waals surface area contributed by atoms with E-state index in [9.17, 15) is 14.0 Å². The number of furan rings is 1. The van der Waals surface area contributed by atoms with Crippen molar-refractivity contribution < 1.29 is 27.9 Å². The number of carbonyl (C=O) groups excluding carboxylic acids is 2. The maximum absolute atomic E-state index is 13.5. The summed E-state index contributed by atoms with van der Waals surface area (Å²) in [6, 6.07) is 17.1. The summed E-state index contributed by atoms with van der Waals surface area (Å²) in [4.78, 5) is 26.0. The van der Waals surface area contributed by atoms with Crippen LogP contribution in [0.15, 0.2) is 71.1 Å². The fourth-order valence-electron chi connectivity index (χ4n) is 3.25. The highest BCUT2D eigenvalue weighted by atomic mass is 19.1. The molecule has 1 aromatic heterocycles. The second kappa shape index (κ2) is 8.81. The predicted molar refractivity (Wildman–Crippen MR) is 118 cm³/mol. The number of rotatable bonds is 6. The molecule has 0 aliphatic rings. The van der Waals surface area contributed by atoms with Crippen LogP contribution >= 0.6 is 0 Å². The monoisotopic (exact) mass is 434 g/mol. The summed E-state index contributed by atoms with van der Waals surface area (Å²) in [5, 5.41) is 5.88.